The normalized spacial score (nSPS) is 40.3. The monoisotopic (exact) mass is 552 g/mol. The van der Waals surface area contributed by atoms with Crippen LogP contribution in [0.1, 0.15) is 111 Å². The molecule has 0 aromatic heterocycles. The van der Waals surface area contributed by atoms with Crippen LogP contribution in [0, 0.1) is 46.3 Å². The molecule has 0 heterocycles. The second-order valence-corrected chi connectivity index (χ2v) is 17.0. The van der Waals surface area contributed by atoms with E-state index in [9.17, 15) is 13.0 Å². The standard InChI is InChI=1S/C32H60N2O3S/c1-7-10-24(2)28-13-14-29-27-12-11-25-23-26(15-17-31(25,3)30(27)16-18-32(28,29)4)33-19-8-20-34(5,6)21-9-22-38(35,36)37/h24-30,33H,7-23H2,1-6H3/t24-,25?,26?,27?,28-,29?,30?,31+,32-/m1/s1. The molecule has 4 aliphatic rings. The van der Waals surface area contributed by atoms with Crippen molar-refractivity contribution < 1.29 is 17.5 Å². The summed E-state index contributed by atoms with van der Waals surface area (Å²) in [6.45, 7) is 13.1. The summed E-state index contributed by atoms with van der Waals surface area (Å²) in [5.41, 5.74) is 1.16. The molecule has 5 unspecified atom stereocenters. The van der Waals surface area contributed by atoms with E-state index in [0.29, 0.717) is 23.3 Å². The average Bonchev–Trinajstić information content (AvgIpc) is 3.18. The van der Waals surface area contributed by atoms with Gasteiger partial charge in [0.2, 0.25) is 0 Å². The fourth-order valence-electron chi connectivity index (χ4n) is 10.7. The first-order chi connectivity index (χ1) is 17.8. The lowest BCUT2D eigenvalue weighted by Crippen LogP contribution is -2.55. The second-order valence-electron chi connectivity index (χ2n) is 15.4. The molecule has 5 nitrogen and oxygen atoms in total. The predicted molar refractivity (Wildman–Crippen MR) is 157 cm³/mol. The highest BCUT2D eigenvalue weighted by Crippen LogP contribution is 2.68. The highest BCUT2D eigenvalue weighted by atomic mass is 32.2. The number of fused-ring (bicyclic) bond motifs is 5. The Labute approximate surface area is 235 Å². The molecular weight excluding hydrogens is 492 g/mol. The maximum absolute atomic E-state index is 10.9. The molecule has 0 aromatic rings. The largest absolute Gasteiger partial charge is 0.748 e. The summed E-state index contributed by atoms with van der Waals surface area (Å²) < 4.78 is 33.5. The van der Waals surface area contributed by atoms with Crippen molar-refractivity contribution in [2.24, 2.45) is 46.3 Å². The molecule has 0 bridgehead atoms. The van der Waals surface area contributed by atoms with Gasteiger partial charge in [0.1, 0.15) is 0 Å². The Hall–Kier alpha value is -0.170. The van der Waals surface area contributed by atoms with Crippen LogP contribution in [0.4, 0.5) is 0 Å². The number of quaternary nitrogens is 1. The minimum Gasteiger partial charge on any atom is -0.748 e. The summed E-state index contributed by atoms with van der Waals surface area (Å²) >= 11 is 0. The van der Waals surface area contributed by atoms with Crippen LogP contribution >= 0.6 is 0 Å². The Balaban J connectivity index is 1.26. The summed E-state index contributed by atoms with van der Waals surface area (Å²) in [7, 11) is 0.197. The molecule has 222 valence electrons. The minimum atomic E-state index is -4.10. The molecule has 1 N–H and O–H groups in total. The van der Waals surface area contributed by atoms with Crippen LogP contribution in [0.3, 0.4) is 0 Å². The van der Waals surface area contributed by atoms with Gasteiger partial charge in [0.25, 0.3) is 0 Å². The van der Waals surface area contributed by atoms with E-state index in [-0.39, 0.29) is 5.75 Å². The van der Waals surface area contributed by atoms with Crippen LogP contribution < -0.4 is 5.32 Å². The van der Waals surface area contributed by atoms with Crippen LogP contribution in [-0.2, 0) is 10.1 Å². The van der Waals surface area contributed by atoms with Crippen LogP contribution in [0.15, 0.2) is 0 Å². The topological polar surface area (TPSA) is 69.2 Å². The number of nitrogens with zero attached hydrogens (tertiary/aromatic N) is 1. The summed E-state index contributed by atoms with van der Waals surface area (Å²) in [6, 6.07) is 0.658. The number of nitrogens with one attached hydrogen (secondary N) is 1. The molecule has 38 heavy (non-hydrogen) atoms. The highest BCUT2D eigenvalue weighted by molar-refractivity contribution is 7.85. The van der Waals surface area contributed by atoms with Gasteiger partial charge in [-0.05, 0) is 104 Å². The first kappa shape index (κ1) is 30.8. The Kier molecular flexibility index (Phi) is 9.70. The molecular formula is C32H60N2O3S. The Bertz CT molecular complexity index is 891. The Morgan fingerprint density at radius 2 is 1.63 bits per heavy atom. The lowest BCUT2D eigenvalue weighted by molar-refractivity contribution is -0.890. The molecule has 4 fully saturated rings. The zero-order valence-corrected chi connectivity index (χ0v) is 26.5. The Morgan fingerprint density at radius 3 is 2.34 bits per heavy atom. The number of hydrogen-bond donors (Lipinski definition) is 1. The third kappa shape index (κ3) is 6.65. The molecule has 0 spiro atoms. The molecule has 0 radical (unpaired) electrons. The molecule has 0 saturated heterocycles. The zero-order valence-electron chi connectivity index (χ0n) is 25.6. The van der Waals surface area contributed by atoms with Gasteiger partial charge in [-0.1, -0.05) is 40.5 Å². The maximum Gasteiger partial charge on any atom is 0.0948 e. The predicted octanol–water partition coefficient (Wildman–Crippen LogP) is 6.44. The zero-order chi connectivity index (χ0) is 27.8. The van der Waals surface area contributed by atoms with Crippen molar-refractivity contribution in [3.05, 3.63) is 0 Å². The Morgan fingerprint density at radius 1 is 0.947 bits per heavy atom. The summed E-state index contributed by atoms with van der Waals surface area (Å²) in [4.78, 5) is 0. The van der Waals surface area contributed by atoms with Crippen molar-refractivity contribution in [2.75, 3.05) is 39.5 Å². The molecule has 0 amide bonds. The molecule has 6 heteroatoms. The molecule has 4 aliphatic carbocycles. The van der Waals surface area contributed by atoms with Crippen molar-refractivity contribution in [3.63, 3.8) is 0 Å². The maximum atomic E-state index is 10.9. The fraction of sp³-hybridized carbons (Fsp3) is 1.00. The van der Waals surface area contributed by atoms with Gasteiger partial charge in [-0.2, -0.15) is 0 Å². The van der Waals surface area contributed by atoms with Crippen LogP contribution in [-0.4, -0.2) is 63.0 Å². The first-order valence-corrected chi connectivity index (χ1v) is 17.9. The van der Waals surface area contributed by atoms with E-state index in [1.54, 1.807) is 0 Å². The summed E-state index contributed by atoms with van der Waals surface area (Å²) in [5.74, 6) is 5.42. The number of rotatable bonds is 12. The van der Waals surface area contributed by atoms with Gasteiger partial charge in [0, 0.05) is 31.2 Å². The van der Waals surface area contributed by atoms with Gasteiger partial charge >= 0.3 is 0 Å². The summed E-state index contributed by atoms with van der Waals surface area (Å²) in [6.07, 6.45) is 17.3. The van der Waals surface area contributed by atoms with Gasteiger partial charge < -0.3 is 14.4 Å². The minimum absolute atomic E-state index is 0.241. The van der Waals surface area contributed by atoms with Gasteiger partial charge in [-0.3, -0.25) is 0 Å². The lowest BCUT2D eigenvalue weighted by Gasteiger charge is -2.61. The van der Waals surface area contributed by atoms with E-state index < -0.39 is 10.1 Å². The smallest absolute Gasteiger partial charge is 0.0948 e. The van der Waals surface area contributed by atoms with E-state index in [1.165, 1.54) is 70.6 Å². The molecule has 9 atom stereocenters. The quantitative estimate of drug-likeness (QED) is 0.172. The third-order valence-electron chi connectivity index (χ3n) is 12.7. The van der Waals surface area contributed by atoms with E-state index in [0.717, 1.165) is 66.0 Å². The van der Waals surface area contributed by atoms with Crippen molar-refractivity contribution >= 4 is 10.1 Å². The average molecular weight is 553 g/mol. The van der Waals surface area contributed by atoms with E-state index in [2.05, 4.69) is 47.1 Å². The first-order valence-electron chi connectivity index (χ1n) is 16.3. The summed E-state index contributed by atoms with van der Waals surface area (Å²) in [5, 5.41) is 3.91. The molecule has 4 rings (SSSR count). The van der Waals surface area contributed by atoms with Gasteiger partial charge in [-0.25, -0.2) is 8.42 Å². The van der Waals surface area contributed by atoms with Crippen molar-refractivity contribution in [1.82, 2.24) is 5.32 Å². The molecule has 4 saturated carbocycles. The van der Waals surface area contributed by atoms with Crippen LogP contribution in [0.5, 0.6) is 0 Å². The van der Waals surface area contributed by atoms with Crippen LogP contribution in [0.2, 0.25) is 0 Å². The van der Waals surface area contributed by atoms with E-state index >= 15 is 0 Å². The molecule has 0 aliphatic heterocycles. The number of hydrogen-bond acceptors (Lipinski definition) is 4. The van der Waals surface area contributed by atoms with Crippen molar-refractivity contribution in [3.8, 4) is 0 Å². The second kappa shape index (κ2) is 12.0. The van der Waals surface area contributed by atoms with E-state index in [4.69, 9.17) is 0 Å². The highest BCUT2D eigenvalue weighted by Gasteiger charge is 2.60. The van der Waals surface area contributed by atoms with Crippen LogP contribution in [0.25, 0.3) is 0 Å². The van der Waals surface area contributed by atoms with Gasteiger partial charge in [0.15, 0.2) is 0 Å². The molecule has 0 aromatic carbocycles. The van der Waals surface area contributed by atoms with Crippen molar-refractivity contribution in [2.45, 2.75) is 117 Å². The van der Waals surface area contributed by atoms with Gasteiger partial charge in [0.05, 0.1) is 37.3 Å². The van der Waals surface area contributed by atoms with E-state index in [1.807, 2.05) is 0 Å². The van der Waals surface area contributed by atoms with Gasteiger partial charge in [-0.15, -0.1) is 0 Å². The van der Waals surface area contributed by atoms with Crippen molar-refractivity contribution in [1.29, 1.82) is 0 Å². The SMILES string of the molecule is CCC[C@@H](C)[C@H]1CCC2C3CCC4CC(NCCC[N+](C)(C)CCCS(=O)(=O)[O-])CC[C@]4(C)C3CC[C@@]21C. The fourth-order valence-corrected chi connectivity index (χ4v) is 11.2. The lowest BCUT2D eigenvalue weighted by atomic mass is 9.44. The third-order valence-corrected chi connectivity index (χ3v) is 13.5.